The van der Waals surface area contributed by atoms with Gasteiger partial charge < -0.3 is 5.73 Å². The van der Waals surface area contributed by atoms with Gasteiger partial charge in [-0.25, -0.2) is 4.99 Å². The average molecular weight is 265 g/mol. The van der Waals surface area contributed by atoms with Gasteiger partial charge in [-0.1, -0.05) is 35.3 Å². The molecule has 0 radical (unpaired) electrons. The van der Waals surface area contributed by atoms with Gasteiger partial charge in [0.1, 0.15) is 17.8 Å². The second-order valence-corrected chi connectivity index (χ2v) is 3.67. The molecular weight excluding hydrogens is 259 g/mol. The summed E-state index contributed by atoms with van der Waals surface area (Å²) in [5, 5.41) is 18.0. The molecule has 0 aliphatic rings. The number of halogens is 2. The molecule has 0 spiro atoms. The third kappa shape index (κ3) is 3.22. The summed E-state index contributed by atoms with van der Waals surface area (Å²) >= 11 is 11.7. The molecule has 0 aliphatic heterocycles. The summed E-state index contributed by atoms with van der Waals surface area (Å²) in [4.78, 5) is 3.79. The van der Waals surface area contributed by atoms with Gasteiger partial charge in [0.25, 0.3) is 0 Å². The van der Waals surface area contributed by atoms with Gasteiger partial charge in [-0.15, -0.1) is 0 Å². The van der Waals surface area contributed by atoms with E-state index in [0.717, 1.165) is 0 Å². The first-order valence-corrected chi connectivity index (χ1v) is 5.13. The van der Waals surface area contributed by atoms with E-state index in [9.17, 15) is 0 Å². The SMILES string of the molecule is N#C/C(N)=C(\C#N)N=Cc1cccc(Cl)c1Cl. The van der Waals surface area contributed by atoms with Crippen LogP contribution in [0.2, 0.25) is 10.0 Å². The quantitative estimate of drug-likeness (QED) is 0.658. The highest BCUT2D eigenvalue weighted by molar-refractivity contribution is 6.43. The molecule has 6 heteroatoms. The van der Waals surface area contributed by atoms with Crippen LogP contribution >= 0.6 is 23.2 Å². The van der Waals surface area contributed by atoms with Gasteiger partial charge in [-0.2, -0.15) is 10.5 Å². The molecular formula is C11H6Cl2N4. The van der Waals surface area contributed by atoms with Gasteiger partial charge in [0, 0.05) is 11.8 Å². The fourth-order valence-corrected chi connectivity index (χ4v) is 1.32. The summed E-state index contributed by atoms with van der Waals surface area (Å²) in [6, 6.07) is 8.36. The summed E-state index contributed by atoms with van der Waals surface area (Å²) in [7, 11) is 0. The predicted molar refractivity (Wildman–Crippen MR) is 66.5 cm³/mol. The minimum atomic E-state index is -0.248. The number of allylic oxidation sites excluding steroid dienone is 2. The van der Waals surface area contributed by atoms with Crippen LogP contribution in [0, 0.1) is 22.7 Å². The number of aliphatic imine (C=N–C) groups is 1. The third-order valence-corrected chi connectivity index (χ3v) is 2.63. The van der Waals surface area contributed by atoms with Crippen molar-refractivity contribution >= 4 is 29.4 Å². The van der Waals surface area contributed by atoms with Gasteiger partial charge in [-0.3, -0.25) is 0 Å². The van der Waals surface area contributed by atoms with E-state index in [1.165, 1.54) is 6.21 Å². The molecule has 0 bridgehead atoms. The van der Waals surface area contributed by atoms with Crippen molar-refractivity contribution in [2.45, 2.75) is 0 Å². The lowest BCUT2D eigenvalue weighted by Crippen LogP contribution is -1.97. The lowest BCUT2D eigenvalue weighted by Gasteiger charge is -1.99. The van der Waals surface area contributed by atoms with Gasteiger partial charge in [0.15, 0.2) is 5.70 Å². The molecule has 0 atom stereocenters. The molecule has 0 amide bonds. The second-order valence-electron chi connectivity index (χ2n) is 2.89. The number of nitrogens with two attached hydrogens (primary N) is 1. The van der Waals surface area contributed by atoms with Gasteiger partial charge >= 0.3 is 0 Å². The van der Waals surface area contributed by atoms with Crippen molar-refractivity contribution in [3.8, 4) is 12.1 Å². The number of nitriles is 2. The van der Waals surface area contributed by atoms with Crippen LogP contribution in [0.5, 0.6) is 0 Å². The first-order valence-electron chi connectivity index (χ1n) is 4.38. The molecule has 1 aromatic carbocycles. The maximum Gasteiger partial charge on any atom is 0.174 e. The van der Waals surface area contributed by atoms with E-state index in [-0.39, 0.29) is 11.4 Å². The molecule has 0 unspecified atom stereocenters. The largest absolute Gasteiger partial charge is 0.388 e. The normalized spacial score (nSPS) is 11.8. The van der Waals surface area contributed by atoms with E-state index in [1.54, 1.807) is 30.3 Å². The molecule has 1 rings (SSSR count). The molecule has 0 fully saturated rings. The van der Waals surface area contributed by atoms with Crippen molar-refractivity contribution in [1.29, 1.82) is 10.5 Å². The van der Waals surface area contributed by atoms with E-state index in [4.69, 9.17) is 39.5 Å². The Balaban J connectivity index is 3.12. The Morgan fingerprint density at radius 3 is 2.59 bits per heavy atom. The van der Waals surface area contributed by atoms with Crippen LogP contribution < -0.4 is 5.73 Å². The van der Waals surface area contributed by atoms with Crippen molar-refractivity contribution in [3.05, 3.63) is 45.2 Å². The van der Waals surface area contributed by atoms with Crippen molar-refractivity contribution in [1.82, 2.24) is 0 Å². The van der Waals surface area contributed by atoms with Crippen LogP contribution in [0.3, 0.4) is 0 Å². The molecule has 0 heterocycles. The third-order valence-electron chi connectivity index (χ3n) is 1.80. The summed E-state index contributed by atoms with van der Waals surface area (Å²) in [6.07, 6.45) is 1.33. The lowest BCUT2D eigenvalue weighted by molar-refractivity contribution is 1.27. The molecule has 0 saturated carbocycles. The molecule has 1 aromatic rings. The Labute approximate surface area is 108 Å². The van der Waals surface area contributed by atoms with Crippen LogP contribution in [0.4, 0.5) is 0 Å². The number of hydrogen-bond donors (Lipinski definition) is 1. The Kier molecular flexibility index (Phi) is 4.54. The van der Waals surface area contributed by atoms with Crippen molar-refractivity contribution in [2.75, 3.05) is 0 Å². The maximum atomic E-state index is 8.72. The zero-order chi connectivity index (χ0) is 12.8. The number of hydrogen-bond acceptors (Lipinski definition) is 4. The maximum absolute atomic E-state index is 8.72. The van der Waals surface area contributed by atoms with Crippen molar-refractivity contribution in [3.63, 3.8) is 0 Å². The Hall–Kier alpha value is -2.01. The highest BCUT2D eigenvalue weighted by Crippen LogP contribution is 2.24. The Bertz CT molecular complexity index is 576. The minimum absolute atomic E-state index is 0.163. The highest BCUT2D eigenvalue weighted by atomic mass is 35.5. The van der Waals surface area contributed by atoms with Gasteiger partial charge in [-0.05, 0) is 6.07 Å². The molecule has 0 saturated heterocycles. The van der Waals surface area contributed by atoms with Gasteiger partial charge in [0.2, 0.25) is 0 Å². The first kappa shape index (κ1) is 13.1. The zero-order valence-corrected chi connectivity index (χ0v) is 10.00. The van der Waals surface area contributed by atoms with E-state index in [2.05, 4.69) is 4.99 Å². The summed E-state index contributed by atoms with van der Waals surface area (Å²) < 4.78 is 0. The smallest absolute Gasteiger partial charge is 0.174 e. The molecule has 2 N–H and O–H groups in total. The summed E-state index contributed by atoms with van der Waals surface area (Å²) in [5.41, 5.74) is 5.41. The monoisotopic (exact) mass is 264 g/mol. The zero-order valence-electron chi connectivity index (χ0n) is 8.48. The first-order chi connectivity index (χ1) is 8.10. The molecule has 17 heavy (non-hydrogen) atoms. The lowest BCUT2D eigenvalue weighted by atomic mass is 10.2. The average Bonchev–Trinajstić information content (AvgIpc) is 2.34. The van der Waals surface area contributed by atoms with Crippen molar-refractivity contribution < 1.29 is 0 Å². The topological polar surface area (TPSA) is 86.0 Å². The predicted octanol–water partition coefficient (Wildman–Crippen LogP) is 2.63. The minimum Gasteiger partial charge on any atom is -0.388 e. The Morgan fingerprint density at radius 2 is 2.00 bits per heavy atom. The summed E-state index contributed by atoms with van der Waals surface area (Å²) in [6.45, 7) is 0. The van der Waals surface area contributed by atoms with E-state index in [1.807, 2.05) is 0 Å². The van der Waals surface area contributed by atoms with E-state index >= 15 is 0 Å². The number of nitrogens with zero attached hydrogens (tertiary/aromatic N) is 3. The fraction of sp³-hybridized carbons (Fsp3) is 0. The van der Waals surface area contributed by atoms with E-state index in [0.29, 0.717) is 15.6 Å². The number of benzene rings is 1. The summed E-state index contributed by atoms with van der Waals surface area (Å²) in [5.74, 6) is 0. The molecule has 0 aliphatic carbocycles. The van der Waals surface area contributed by atoms with Crippen LogP contribution in [0.15, 0.2) is 34.6 Å². The molecule has 4 nitrogen and oxygen atoms in total. The van der Waals surface area contributed by atoms with Crippen LogP contribution in [0.25, 0.3) is 0 Å². The highest BCUT2D eigenvalue weighted by Gasteiger charge is 2.03. The van der Waals surface area contributed by atoms with Crippen LogP contribution in [-0.4, -0.2) is 6.21 Å². The fourth-order valence-electron chi connectivity index (χ4n) is 0.966. The Morgan fingerprint density at radius 1 is 1.29 bits per heavy atom. The van der Waals surface area contributed by atoms with Gasteiger partial charge in [0.05, 0.1) is 10.0 Å². The number of rotatable bonds is 2. The molecule has 0 aromatic heterocycles. The van der Waals surface area contributed by atoms with E-state index < -0.39 is 0 Å². The standard InChI is InChI=1S/C11H6Cl2N4/c12-8-3-1-2-7(11(8)13)6-17-10(5-15)9(16)4-14/h1-3,6H,16H2/b10-9-,17-6?. The second kappa shape index (κ2) is 5.91. The molecule has 84 valence electrons. The van der Waals surface area contributed by atoms with Crippen molar-refractivity contribution in [2.24, 2.45) is 10.7 Å². The van der Waals surface area contributed by atoms with Crippen LogP contribution in [0.1, 0.15) is 5.56 Å². The van der Waals surface area contributed by atoms with Crippen LogP contribution in [-0.2, 0) is 0 Å².